The molecule has 5 rings (SSSR count). The van der Waals surface area contributed by atoms with Crippen LogP contribution in [0.25, 0.3) is 22.5 Å². The molecule has 12 heteroatoms. The topological polar surface area (TPSA) is 106 Å². The molecule has 0 aliphatic rings. The molecule has 5 aromatic rings. The zero-order chi connectivity index (χ0) is 24.5. The van der Waals surface area contributed by atoms with Crippen LogP contribution in [-0.2, 0) is 6.54 Å². The molecular formula is C23H18Cl2N8O2. The van der Waals surface area contributed by atoms with Crippen molar-refractivity contribution >= 4 is 23.2 Å². The maximum absolute atomic E-state index is 13.1. The van der Waals surface area contributed by atoms with Gasteiger partial charge in [0.05, 0.1) is 49.3 Å². The number of methoxy groups -OCH3 is 1. The molecule has 0 bridgehead atoms. The second kappa shape index (κ2) is 9.32. The first-order valence-electron chi connectivity index (χ1n) is 10.4. The molecule has 0 spiro atoms. The predicted octanol–water partition coefficient (Wildman–Crippen LogP) is 3.74. The fourth-order valence-corrected chi connectivity index (χ4v) is 4.01. The summed E-state index contributed by atoms with van der Waals surface area (Å²) in [6, 6.07) is 10.4. The van der Waals surface area contributed by atoms with Crippen LogP contribution in [0.5, 0.6) is 5.75 Å². The number of aromatic nitrogens is 8. The van der Waals surface area contributed by atoms with E-state index in [-0.39, 0.29) is 17.3 Å². The van der Waals surface area contributed by atoms with Crippen LogP contribution in [-0.4, -0.2) is 46.6 Å². The number of pyridine rings is 2. The minimum absolute atomic E-state index is 0.204. The van der Waals surface area contributed by atoms with Gasteiger partial charge in [-0.2, -0.15) is 0 Å². The van der Waals surface area contributed by atoms with E-state index < -0.39 is 0 Å². The Morgan fingerprint density at radius 3 is 2.49 bits per heavy atom. The third-order valence-corrected chi connectivity index (χ3v) is 5.78. The standard InChI is InChI=1S/C23H18Cl2N8O2/c1-14-19(4-3-7-26-14)32-11-16(27-29-32)10-31-12-21(35-2)18(9-23(31)34)17-8-15(24)5-6-20(17)33-13-22(25)28-30-33/h3-9,11-13H,10H2,1-2H3. The van der Waals surface area contributed by atoms with Crippen LogP contribution in [0.2, 0.25) is 10.2 Å². The molecule has 0 amide bonds. The van der Waals surface area contributed by atoms with Crippen LogP contribution in [0.4, 0.5) is 0 Å². The van der Waals surface area contributed by atoms with Gasteiger partial charge < -0.3 is 9.30 Å². The number of rotatable bonds is 6. The molecule has 4 aromatic heterocycles. The number of nitrogens with zero attached hydrogens (tertiary/aromatic N) is 8. The van der Waals surface area contributed by atoms with Crippen LogP contribution in [0.15, 0.2) is 66.0 Å². The molecule has 0 aliphatic carbocycles. The zero-order valence-electron chi connectivity index (χ0n) is 18.6. The summed E-state index contributed by atoms with van der Waals surface area (Å²) in [6.07, 6.45) is 6.67. The van der Waals surface area contributed by atoms with Crippen molar-refractivity contribution < 1.29 is 4.74 Å². The van der Waals surface area contributed by atoms with Crippen LogP contribution in [0, 0.1) is 6.92 Å². The van der Waals surface area contributed by atoms with Crippen LogP contribution >= 0.6 is 23.2 Å². The Morgan fingerprint density at radius 2 is 1.74 bits per heavy atom. The van der Waals surface area contributed by atoms with Crippen LogP contribution in [0.3, 0.4) is 0 Å². The van der Waals surface area contributed by atoms with Gasteiger partial charge in [-0.3, -0.25) is 9.78 Å². The van der Waals surface area contributed by atoms with Crippen molar-refractivity contribution in [3.8, 4) is 28.3 Å². The number of halogens is 2. The number of aryl methyl sites for hydroxylation is 1. The molecule has 0 atom stereocenters. The minimum atomic E-state index is -0.254. The second-order valence-electron chi connectivity index (χ2n) is 7.63. The van der Waals surface area contributed by atoms with Crippen molar-refractivity contribution in [2.75, 3.05) is 7.11 Å². The summed E-state index contributed by atoms with van der Waals surface area (Å²) in [5.41, 5.74) is 3.80. The lowest BCUT2D eigenvalue weighted by Crippen LogP contribution is -2.20. The lowest BCUT2D eigenvalue weighted by Gasteiger charge is -2.15. The SMILES string of the molecule is COc1cn(Cc2cn(-c3cccnc3C)nn2)c(=O)cc1-c1cc(Cl)ccc1-n1cc(Cl)nn1. The smallest absolute Gasteiger partial charge is 0.251 e. The fraction of sp³-hybridized carbons (Fsp3) is 0.130. The summed E-state index contributed by atoms with van der Waals surface area (Å²) < 4.78 is 10.3. The third kappa shape index (κ3) is 4.53. The van der Waals surface area contributed by atoms with Gasteiger partial charge in [-0.25, -0.2) is 9.36 Å². The number of ether oxygens (including phenoxy) is 1. The highest BCUT2D eigenvalue weighted by Gasteiger charge is 2.17. The van der Waals surface area contributed by atoms with Gasteiger partial charge in [0.2, 0.25) is 0 Å². The molecule has 0 saturated heterocycles. The first-order chi connectivity index (χ1) is 16.9. The summed E-state index contributed by atoms with van der Waals surface area (Å²) >= 11 is 12.2. The highest BCUT2D eigenvalue weighted by molar-refractivity contribution is 6.31. The third-order valence-electron chi connectivity index (χ3n) is 5.37. The Balaban J connectivity index is 1.53. The average Bonchev–Trinajstić information content (AvgIpc) is 3.49. The van der Waals surface area contributed by atoms with Gasteiger partial charge in [-0.05, 0) is 37.3 Å². The summed E-state index contributed by atoms with van der Waals surface area (Å²) in [7, 11) is 1.53. The van der Waals surface area contributed by atoms with E-state index in [1.165, 1.54) is 22.4 Å². The Hall–Kier alpha value is -4.02. The molecule has 0 aliphatic heterocycles. The van der Waals surface area contributed by atoms with Crippen molar-refractivity contribution in [3.05, 3.63) is 93.1 Å². The van der Waals surface area contributed by atoms with Crippen molar-refractivity contribution in [3.63, 3.8) is 0 Å². The maximum Gasteiger partial charge on any atom is 0.251 e. The molecule has 176 valence electrons. The molecular weight excluding hydrogens is 491 g/mol. The van der Waals surface area contributed by atoms with Crippen LogP contribution < -0.4 is 10.3 Å². The molecule has 0 saturated carbocycles. The normalized spacial score (nSPS) is 11.1. The van der Waals surface area contributed by atoms with Gasteiger partial charge in [0.25, 0.3) is 5.56 Å². The summed E-state index contributed by atoms with van der Waals surface area (Å²) in [4.78, 5) is 17.4. The van der Waals surface area contributed by atoms with E-state index in [1.54, 1.807) is 47.7 Å². The first-order valence-corrected chi connectivity index (χ1v) is 11.2. The Labute approximate surface area is 209 Å². The quantitative estimate of drug-likeness (QED) is 0.343. The molecule has 0 fully saturated rings. The van der Waals surface area contributed by atoms with E-state index in [2.05, 4.69) is 25.6 Å². The van der Waals surface area contributed by atoms with E-state index in [0.717, 1.165) is 11.4 Å². The van der Waals surface area contributed by atoms with Crippen molar-refractivity contribution in [2.45, 2.75) is 13.5 Å². The van der Waals surface area contributed by atoms with Gasteiger partial charge in [0, 0.05) is 28.4 Å². The largest absolute Gasteiger partial charge is 0.495 e. The highest BCUT2D eigenvalue weighted by atomic mass is 35.5. The second-order valence-corrected chi connectivity index (χ2v) is 8.46. The van der Waals surface area contributed by atoms with Gasteiger partial charge in [0.1, 0.15) is 11.4 Å². The lowest BCUT2D eigenvalue weighted by molar-refractivity contribution is 0.410. The number of hydrogen-bond donors (Lipinski definition) is 0. The first kappa shape index (κ1) is 22.8. The van der Waals surface area contributed by atoms with Crippen LogP contribution in [0.1, 0.15) is 11.4 Å². The Kier molecular flexibility index (Phi) is 6.06. The Morgan fingerprint density at radius 1 is 0.943 bits per heavy atom. The predicted molar refractivity (Wildman–Crippen MR) is 131 cm³/mol. The van der Waals surface area contributed by atoms with E-state index in [1.807, 2.05) is 19.1 Å². The van der Waals surface area contributed by atoms with Crippen molar-refractivity contribution in [2.24, 2.45) is 0 Å². The minimum Gasteiger partial charge on any atom is -0.495 e. The molecule has 0 unspecified atom stereocenters. The zero-order valence-corrected chi connectivity index (χ0v) is 20.1. The van der Waals surface area contributed by atoms with E-state index >= 15 is 0 Å². The van der Waals surface area contributed by atoms with Gasteiger partial charge in [-0.15, -0.1) is 10.2 Å². The molecule has 10 nitrogen and oxygen atoms in total. The summed E-state index contributed by atoms with van der Waals surface area (Å²) in [5.74, 6) is 0.467. The van der Waals surface area contributed by atoms with E-state index in [9.17, 15) is 4.79 Å². The number of benzene rings is 1. The molecule has 1 aromatic carbocycles. The average molecular weight is 509 g/mol. The van der Waals surface area contributed by atoms with Gasteiger partial charge in [0.15, 0.2) is 5.15 Å². The number of hydrogen-bond acceptors (Lipinski definition) is 7. The summed E-state index contributed by atoms with van der Waals surface area (Å²) in [5, 5.41) is 17.0. The maximum atomic E-state index is 13.1. The Bertz CT molecular complexity index is 1590. The molecule has 4 heterocycles. The lowest BCUT2D eigenvalue weighted by atomic mass is 10.0. The fourth-order valence-electron chi connectivity index (χ4n) is 3.71. The van der Waals surface area contributed by atoms with E-state index in [0.29, 0.717) is 33.3 Å². The van der Waals surface area contributed by atoms with Crippen molar-refractivity contribution in [1.29, 1.82) is 0 Å². The monoisotopic (exact) mass is 508 g/mol. The molecule has 0 radical (unpaired) electrons. The van der Waals surface area contributed by atoms with E-state index in [4.69, 9.17) is 27.9 Å². The summed E-state index contributed by atoms with van der Waals surface area (Å²) in [6.45, 7) is 2.10. The molecule has 0 N–H and O–H groups in total. The molecule has 35 heavy (non-hydrogen) atoms. The van der Waals surface area contributed by atoms with Gasteiger partial charge in [-0.1, -0.05) is 33.6 Å². The highest BCUT2D eigenvalue weighted by Crippen LogP contribution is 2.35. The van der Waals surface area contributed by atoms with Crippen molar-refractivity contribution in [1.82, 2.24) is 39.5 Å². The van der Waals surface area contributed by atoms with Gasteiger partial charge >= 0.3 is 0 Å².